The fourth-order valence-corrected chi connectivity index (χ4v) is 4.55. The number of aryl methyl sites for hydroxylation is 1. The minimum Gasteiger partial charge on any atom is -0.379 e. The number of nitrogens with zero attached hydrogens (tertiary/aromatic N) is 2. The number of hydrogen-bond donors (Lipinski definition) is 2. The van der Waals surface area contributed by atoms with E-state index in [-0.39, 0.29) is 6.04 Å². The van der Waals surface area contributed by atoms with Gasteiger partial charge in [0.25, 0.3) is 0 Å². The number of para-hydroxylation sites is 1. The number of carbonyl (C=O) groups is 2. The molecule has 170 valence electrons. The third-order valence-electron chi connectivity index (χ3n) is 6.11. The van der Waals surface area contributed by atoms with Crippen LogP contribution in [0.25, 0.3) is 0 Å². The van der Waals surface area contributed by atoms with Crippen molar-refractivity contribution in [1.29, 1.82) is 0 Å². The maximum Gasteiger partial charge on any atom is 0.313 e. The van der Waals surface area contributed by atoms with Gasteiger partial charge in [-0.3, -0.25) is 14.5 Å². The minimum atomic E-state index is -0.731. The highest BCUT2D eigenvalue weighted by atomic mass is 35.5. The van der Waals surface area contributed by atoms with E-state index in [0.717, 1.165) is 38.0 Å². The van der Waals surface area contributed by atoms with E-state index >= 15 is 0 Å². The molecule has 4 rings (SSSR count). The molecule has 0 saturated carbocycles. The van der Waals surface area contributed by atoms with Gasteiger partial charge in [-0.25, -0.2) is 0 Å². The van der Waals surface area contributed by atoms with Gasteiger partial charge in [-0.15, -0.1) is 0 Å². The molecule has 0 radical (unpaired) electrons. The molecule has 0 aliphatic carbocycles. The fourth-order valence-electron chi connectivity index (χ4n) is 4.37. The summed E-state index contributed by atoms with van der Waals surface area (Å²) in [6, 6.07) is 13.4. The summed E-state index contributed by atoms with van der Waals surface area (Å²) in [7, 11) is 2.12. The van der Waals surface area contributed by atoms with Gasteiger partial charge in [0, 0.05) is 38.9 Å². The van der Waals surface area contributed by atoms with E-state index in [4.69, 9.17) is 16.3 Å². The van der Waals surface area contributed by atoms with Crippen molar-refractivity contribution in [1.82, 2.24) is 10.2 Å². The number of rotatable bonds is 5. The van der Waals surface area contributed by atoms with Crippen molar-refractivity contribution in [3.05, 3.63) is 58.6 Å². The van der Waals surface area contributed by atoms with Gasteiger partial charge in [0.15, 0.2) is 0 Å². The van der Waals surface area contributed by atoms with Crippen molar-refractivity contribution in [2.75, 3.05) is 56.7 Å². The summed E-state index contributed by atoms with van der Waals surface area (Å²) < 4.78 is 5.52. The Morgan fingerprint density at radius 2 is 1.88 bits per heavy atom. The van der Waals surface area contributed by atoms with Gasteiger partial charge in [-0.2, -0.15) is 0 Å². The maximum atomic E-state index is 12.5. The highest BCUT2D eigenvalue weighted by Crippen LogP contribution is 2.31. The van der Waals surface area contributed by atoms with Crippen molar-refractivity contribution in [2.45, 2.75) is 18.9 Å². The molecular weight excluding hydrogens is 428 g/mol. The first kappa shape index (κ1) is 22.6. The number of morpholine rings is 1. The van der Waals surface area contributed by atoms with E-state index in [2.05, 4.69) is 45.7 Å². The Bertz CT molecular complexity index is 977. The Balaban J connectivity index is 1.47. The van der Waals surface area contributed by atoms with E-state index in [1.165, 1.54) is 11.3 Å². The average Bonchev–Trinajstić information content (AvgIpc) is 2.81. The second kappa shape index (κ2) is 10.3. The van der Waals surface area contributed by atoms with Crippen LogP contribution in [-0.4, -0.2) is 63.2 Å². The van der Waals surface area contributed by atoms with E-state index in [1.807, 2.05) is 0 Å². The third-order valence-corrected chi connectivity index (χ3v) is 6.44. The predicted octanol–water partition coefficient (Wildman–Crippen LogP) is 2.85. The van der Waals surface area contributed by atoms with Gasteiger partial charge >= 0.3 is 11.8 Å². The van der Waals surface area contributed by atoms with Crippen molar-refractivity contribution in [2.24, 2.45) is 0 Å². The molecule has 8 heteroatoms. The summed E-state index contributed by atoms with van der Waals surface area (Å²) in [5.41, 5.74) is 4.16. The molecule has 2 heterocycles. The Morgan fingerprint density at radius 3 is 2.66 bits per heavy atom. The second-order valence-corrected chi connectivity index (χ2v) is 8.63. The fraction of sp³-hybridized carbons (Fsp3) is 0.417. The molecule has 2 aromatic rings. The van der Waals surface area contributed by atoms with Crippen LogP contribution in [0.2, 0.25) is 5.02 Å². The van der Waals surface area contributed by atoms with E-state index in [9.17, 15) is 9.59 Å². The van der Waals surface area contributed by atoms with Crippen LogP contribution in [0, 0.1) is 0 Å². The Morgan fingerprint density at radius 1 is 1.09 bits per heavy atom. The normalized spacial score (nSPS) is 17.4. The van der Waals surface area contributed by atoms with Crippen molar-refractivity contribution in [3.63, 3.8) is 0 Å². The monoisotopic (exact) mass is 456 g/mol. The predicted molar refractivity (Wildman–Crippen MR) is 126 cm³/mol. The number of carbonyl (C=O) groups excluding carboxylic acids is 2. The molecule has 1 fully saturated rings. The summed E-state index contributed by atoms with van der Waals surface area (Å²) in [5.74, 6) is -1.41. The summed E-state index contributed by atoms with van der Waals surface area (Å²) in [6.07, 6.45) is 2.18. The first-order valence-corrected chi connectivity index (χ1v) is 11.4. The number of benzene rings is 2. The standard InChI is InChI=1S/C24H29ClN4O3/c1-28-10-4-5-17-15-18(8-9-21(17)28)22(29-11-13-32-14-12-29)16-26-23(30)24(31)27-20-7-3-2-6-19(20)25/h2-3,6-9,15,22H,4-5,10-14,16H2,1H3,(H,26,30)(H,27,31)/t22-/m0/s1. The topological polar surface area (TPSA) is 73.9 Å². The van der Waals surface area contributed by atoms with Gasteiger partial charge in [0.05, 0.1) is 30.0 Å². The molecule has 2 aromatic carbocycles. The quantitative estimate of drug-likeness (QED) is 0.677. The largest absolute Gasteiger partial charge is 0.379 e. The maximum absolute atomic E-state index is 12.5. The van der Waals surface area contributed by atoms with Crippen LogP contribution in [0.4, 0.5) is 11.4 Å². The first-order chi connectivity index (χ1) is 15.5. The molecule has 0 spiro atoms. The van der Waals surface area contributed by atoms with Gasteiger partial charge in [-0.1, -0.05) is 35.9 Å². The summed E-state index contributed by atoms with van der Waals surface area (Å²) >= 11 is 6.08. The highest BCUT2D eigenvalue weighted by Gasteiger charge is 2.26. The molecule has 1 atom stereocenters. The SMILES string of the molecule is CN1CCCc2cc([C@H](CNC(=O)C(=O)Nc3ccccc3Cl)N3CCOCC3)ccc21. The third kappa shape index (κ3) is 5.23. The molecule has 32 heavy (non-hydrogen) atoms. The summed E-state index contributed by atoms with van der Waals surface area (Å²) in [6.45, 7) is 4.28. The van der Waals surface area contributed by atoms with Gasteiger partial charge < -0.3 is 20.3 Å². The number of nitrogens with one attached hydrogen (secondary N) is 2. The number of hydrogen-bond acceptors (Lipinski definition) is 5. The number of fused-ring (bicyclic) bond motifs is 1. The lowest BCUT2D eigenvalue weighted by atomic mass is 9.95. The minimum absolute atomic E-state index is 0.0338. The number of halogens is 1. The Hall–Kier alpha value is -2.61. The Labute approximate surface area is 193 Å². The first-order valence-electron chi connectivity index (χ1n) is 11.0. The van der Waals surface area contributed by atoms with Crippen LogP contribution < -0.4 is 15.5 Å². The van der Waals surface area contributed by atoms with Gasteiger partial charge in [-0.05, 0) is 42.2 Å². The van der Waals surface area contributed by atoms with Crippen LogP contribution >= 0.6 is 11.6 Å². The second-order valence-electron chi connectivity index (χ2n) is 8.22. The summed E-state index contributed by atoms with van der Waals surface area (Å²) in [5, 5.41) is 5.78. The molecule has 2 aliphatic heterocycles. The number of amides is 2. The molecule has 1 saturated heterocycles. The molecule has 0 aromatic heterocycles. The lowest BCUT2D eigenvalue weighted by Gasteiger charge is -2.36. The average molecular weight is 457 g/mol. The molecule has 2 N–H and O–H groups in total. The number of ether oxygens (including phenoxy) is 1. The molecule has 0 bridgehead atoms. The lowest BCUT2D eigenvalue weighted by Crippen LogP contribution is -2.45. The zero-order chi connectivity index (χ0) is 22.5. The molecular formula is C24H29ClN4O3. The Kier molecular flexibility index (Phi) is 7.29. The van der Waals surface area contributed by atoms with Crippen molar-refractivity contribution in [3.8, 4) is 0 Å². The molecule has 0 unspecified atom stereocenters. The van der Waals surface area contributed by atoms with Gasteiger partial charge in [0.2, 0.25) is 0 Å². The molecule has 2 aliphatic rings. The zero-order valence-electron chi connectivity index (χ0n) is 18.3. The van der Waals surface area contributed by atoms with Crippen molar-refractivity contribution < 1.29 is 14.3 Å². The summed E-state index contributed by atoms with van der Waals surface area (Å²) in [4.78, 5) is 29.5. The van der Waals surface area contributed by atoms with Crippen molar-refractivity contribution >= 4 is 34.8 Å². The highest BCUT2D eigenvalue weighted by molar-refractivity contribution is 6.41. The van der Waals surface area contributed by atoms with E-state index in [1.54, 1.807) is 24.3 Å². The lowest BCUT2D eigenvalue weighted by molar-refractivity contribution is -0.136. The molecule has 7 nitrogen and oxygen atoms in total. The van der Waals surface area contributed by atoms with Crippen LogP contribution in [0.15, 0.2) is 42.5 Å². The van der Waals surface area contributed by atoms with Crippen LogP contribution in [0.1, 0.15) is 23.6 Å². The van der Waals surface area contributed by atoms with Crippen LogP contribution in [0.3, 0.4) is 0 Å². The van der Waals surface area contributed by atoms with E-state index < -0.39 is 11.8 Å². The zero-order valence-corrected chi connectivity index (χ0v) is 19.0. The van der Waals surface area contributed by atoms with Crippen LogP contribution in [-0.2, 0) is 20.7 Å². The smallest absolute Gasteiger partial charge is 0.313 e. The number of anilines is 2. The van der Waals surface area contributed by atoms with Gasteiger partial charge in [0.1, 0.15) is 0 Å². The van der Waals surface area contributed by atoms with E-state index in [0.29, 0.717) is 30.5 Å². The molecule has 2 amide bonds. The van der Waals surface area contributed by atoms with Crippen LogP contribution in [0.5, 0.6) is 0 Å².